The van der Waals surface area contributed by atoms with E-state index in [0.717, 1.165) is 5.56 Å². The monoisotopic (exact) mass is 361 g/mol. The largest absolute Gasteiger partial charge is 0.481 e. The molecule has 1 aromatic carbocycles. The number of carbonyl (C=O) groups is 3. The van der Waals surface area contributed by atoms with Gasteiger partial charge in [0.25, 0.3) is 0 Å². The Hall–Kier alpha value is -2.57. The lowest BCUT2D eigenvalue weighted by atomic mass is 10.1. The van der Waals surface area contributed by atoms with Crippen LogP contribution >= 0.6 is 0 Å². The van der Waals surface area contributed by atoms with E-state index in [2.05, 4.69) is 5.32 Å². The van der Waals surface area contributed by atoms with Gasteiger partial charge < -0.3 is 20.2 Å². The lowest BCUT2D eigenvalue weighted by Crippen LogP contribution is -2.46. The molecule has 2 rings (SSSR count). The molecule has 1 aromatic rings. The number of hydrogen-bond donors (Lipinski definition) is 2. The summed E-state index contributed by atoms with van der Waals surface area (Å²) in [7, 11) is 1.58. The van der Waals surface area contributed by atoms with E-state index in [0.29, 0.717) is 32.4 Å². The number of carboxylic acid groups (broad SMARTS) is 1. The van der Waals surface area contributed by atoms with E-state index in [4.69, 9.17) is 5.11 Å². The fourth-order valence-electron chi connectivity index (χ4n) is 3.02. The first kappa shape index (κ1) is 19.8. The molecule has 0 aromatic heterocycles. The zero-order valence-electron chi connectivity index (χ0n) is 15.4. The normalized spacial score (nSPS) is 17.6. The summed E-state index contributed by atoms with van der Waals surface area (Å²) in [6, 6.07) is 9.49. The van der Waals surface area contributed by atoms with Crippen molar-refractivity contribution >= 4 is 17.9 Å². The number of hydrogen-bond acceptors (Lipinski definition) is 3. The molecular weight excluding hydrogens is 334 g/mol. The third-order valence-electron chi connectivity index (χ3n) is 4.65. The van der Waals surface area contributed by atoms with Gasteiger partial charge >= 0.3 is 12.0 Å². The molecule has 0 saturated carbocycles. The fraction of sp³-hybridized carbons (Fsp3) is 0.526. The maximum Gasteiger partial charge on any atom is 0.317 e. The molecule has 7 heteroatoms. The van der Waals surface area contributed by atoms with E-state index in [1.54, 1.807) is 18.9 Å². The smallest absolute Gasteiger partial charge is 0.317 e. The summed E-state index contributed by atoms with van der Waals surface area (Å²) in [4.78, 5) is 38.5. The standard InChI is InChI=1S/C19H27N3O4/c1-14(18(24)25)12-21(2)19(26)20-16-10-11-22(13-16)17(23)9-8-15-6-4-3-5-7-15/h3-7,14,16H,8-13H2,1-2H3,(H,20,26)(H,24,25). The van der Waals surface area contributed by atoms with Crippen molar-refractivity contribution in [1.82, 2.24) is 15.1 Å². The van der Waals surface area contributed by atoms with Crippen LogP contribution in [-0.2, 0) is 16.0 Å². The number of rotatable bonds is 7. The summed E-state index contributed by atoms with van der Waals surface area (Å²) >= 11 is 0. The maximum absolute atomic E-state index is 12.3. The van der Waals surface area contributed by atoms with Gasteiger partial charge in [0, 0.05) is 39.1 Å². The van der Waals surface area contributed by atoms with E-state index in [1.165, 1.54) is 4.90 Å². The van der Waals surface area contributed by atoms with Crippen LogP contribution in [0.5, 0.6) is 0 Å². The van der Waals surface area contributed by atoms with Crippen molar-refractivity contribution in [3.05, 3.63) is 35.9 Å². The molecule has 26 heavy (non-hydrogen) atoms. The van der Waals surface area contributed by atoms with Gasteiger partial charge in [-0.15, -0.1) is 0 Å². The molecular formula is C19H27N3O4. The Bertz CT molecular complexity index is 635. The van der Waals surface area contributed by atoms with Crippen molar-refractivity contribution in [3.8, 4) is 0 Å². The SMILES string of the molecule is CC(CN(C)C(=O)NC1CCN(C(=O)CCc2ccccc2)C1)C(=O)O. The molecule has 0 aliphatic carbocycles. The summed E-state index contributed by atoms with van der Waals surface area (Å²) in [5.41, 5.74) is 1.14. The average molecular weight is 361 g/mol. The second-order valence-corrected chi connectivity index (χ2v) is 6.88. The molecule has 142 valence electrons. The Balaban J connectivity index is 1.74. The third kappa shape index (κ3) is 5.75. The van der Waals surface area contributed by atoms with E-state index < -0.39 is 11.9 Å². The van der Waals surface area contributed by atoms with E-state index >= 15 is 0 Å². The van der Waals surface area contributed by atoms with Crippen molar-refractivity contribution in [2.45, 2.75) is 32.2 Å². The molecule has 2 atom stereocenters. The van der Waals surface area contributed by atoms with Crippen LogP contribution in [0.4, 0.5) is 4.79 Å². The minimum Gasteiger partial charge on any atom is -0.481 e. The summed E-state index contributed by atoms with van der Waals surface area (Å²) in [6.45, 7) is 2.85. The number of likely N-dealkylation sites (tertiary alicyclic amines) is 1. The first-order valence-electron chi connectivity index (χ1n) is 8.93. The average Bonchev–Trinajstić information content (AvgIpc) is 3.08. The molecule has 2 N–H and O–H groups in total. The molecule has 2 unspecified atom stereocenters. The maximum atomic E-state index is 12.3. The summed E-state index contributed by atoms with van der Waals surface area (Å²) in [6.07, 6.45) is 1.88. The molecule has 1 fully saturated rings. The Labute approximate surface area is 154 Å². The number of urea groups is 1. The highest BCUT2D eigenvalue weighted by Crippen LogP contribution is 2.13. The number of amides is 3. The molecule has 3 amide bonds. The number of nitrogens with zero attached hydrogens (tertiary/aromatic N) is 2. The molecule has 1 aliphatic rings. The van der Waals surface area contributed by atoms with Crippen LogP contribution in [0.15, 0.2) is 30.3 Å². The van der Waals surface area contributed by atoms with E-state index in [9.17, 15) is 14.4 Å². The first-order valence-corrected chi connectivity index (χ1v) is 8.93. The fourth-order valence-corrected chi connectivity index (χ4v) is 3.02. The molecule has 7 nitrogen and oxygen atoms in total. The Kier molecular flexibility index (Phi) is 7.00. The highest BCUT2D eigenvalue weighted by Gasteiger charge is 2.28. The van der Waals surface area contributed by atoms with Gasteiger partial charge in [-0.25, -0.2) is 4.79 Å². The van der Waals surface area contributed by atoms with E-state index in [1.807, 2.05) is 30.3 Å². The second kappa shape index (κ2) is 9.22. The molecule has 0 radical (unpaired) electrons. The van der Waals surface area contributed by atoms with Gasteiger partial charge in [0.2, 0.25) is 5.91 Å². The predicted octanol–water partition coefficient (Wildman–Crippen LogP) is 1.58. The number of aliphatic carboxylic acids is 1. The minimum atomic E-state index is -0.930. The van der Waals surface area contributed by atoms with Gasteiger partial charge in [-0.1, -0.05) is 37.3 Å². The zero-order chi connectivity index (χ0) is 19.1. The number of nitrogens with one attached hydrogen (secondary N) is 1. The van der Waals surface area contributed by atoms with Crippen molar-refractivity contribution in [2.75, 3.05) is 26.7 Å². The van der Waals surface area contributed by atoms with Crippen molar-refractivity contribution < 1.29 is 19.5 Å². The minimum absolute atomic E-state index is 0.0919. The third-order valence-corrected chi connectivity index (χ3v) is 4.65. The number of benzene rings is 1. The molecule has 1 aliphatic heterocycles. The lowest BCUT2D eigenvalue weighted by molar-refractivity contribution is -0.141. The number of carbonyl (C=O) groups excluding carboxylic acids is 2. The van der Waals surface area contributed by atoms with Crippen LogP contribution in [-0.4, -0.2) is 65.5 Å². The van der Waals surface area contributed by atoms with Gasteiger partial charge in [0.15, 0.2) is 0 Å². The van der Waals surface area contributed by atoms with Crippen LogP contribution in [0.2, 0.25) is 0 Å². The Morgan fingerprint density at radius 2 is 2.00 bits per heavy atom. The van der Waals surface area contributed by atoms with Crippen molar-refractivity contribution in [1.29, 1.82) is 0 Å². The van der Waals surface area contributed by atoms with Gasteiger partial charge in [-0.2, -0.15) is 0 Å². The second-order valence-electron chi connectivity index (χ2n) is 6.88. The van der Waals surface area contributed by atoms with Gasteiger partial charge in [-0.05, 0) is 18.4 Å². The number of aryl methyl sites for hydroxylation is 1. The number of carboxylic acids is 1. The van der Waals surface area contributed by atoms with Crippen molar-refractivity contribution in [2.24, 2.45) is 5.92 Å². The molecule has 1 heterocycles. The van der Waals surface area contributed by atoms with E-state index in [-0.39, 0.29) is 24.5 Å². The van der Waals surface area contributed by atoms with Crippen LogP contribution in [0.25, 0.3) is 0 Å². The van der Waals surface area contributed by atoms with Crippen LogP contribution < -0.4 is 5.32 Å². The Morgan fingerprint density at radius 3 is 2.65 bits per heavy atom. The van der Waals surface area contributed by atoms with Gasteiger partial charge in [0.05, 0.1) is 5.92 Å². The predicted molar refractivity (Wildman–Crippen MR) is 97.7 cm³/mol. The topological polar surface area (TPSA) is 90.0 Å². The van der Waals surface area contributed by atoms with Crippen LogP contribution in [0, 0.1) is 5.92 Å². The van der Waals surface area contributed by atoms with Crippen molar-refractivity contribution in [3.63, 3.8) is 0 Å². The quantitative estimate of drug-likeness (QED) is 0.772. The molecule has 0 bridgehead atoms. The lowest BCUT2D eigenvalue weighted by Gasteiger charge is -2.23. The van der Waals surface area contributed by atoms with Crippen LogP contribution in [0.1, 0.15) is 25.3 Å². The highest BCUT2D eigenvalue weighted by atomic mass is 16.4. The zero-order valence-corrected chi connectivity index (χ0v) is 15.4. The highest BCUT2D eigenvalue weighted by molar-refractivity contribution is 5.78. The first-order chi connectivity index (χ1) is 12.4. The van der Waals surface area contributed by atoms with Gasteiger partial charge in [-0.3, -0.25) is 9.59 Å². The molecule has 0 spiro atoms. The van der Waals surface area contributed by atoms with Gasteiger partial charge in [0.1, 0.15) is 0 Å². The van der Waals surface area contributed by atoms with Crippen LogP contribution in [0.3, 0.4) is 0 Å². The summed E-state index contributed by atoms with van der Waals surface area (Å²) < 4.78 is 0. The molecule has 1 saturated heterocycles. The Morgan fingerprint density at radius 1 is 1.31 bits per heavy atom. The summed E-state index contributed by atoms with van der Waals surface area (Å²) in [5, 5.41) is 11.8. The summed E-state index contributed by atoms with van der Waals surface area (Å²) in [5.74, 6) is -1.45.